The fraction of sp³-hybridized carbons (Fsp3) is 0.0833. The van der Waals surface area contributed by atoms with E-state index < -0.39 is 99.0 Å². The average Bonchev–Trinajstić information content (AvgIpc) is 1.53. The van der Waals surface area contributed by atoms with Gasteiger partial charge in [0.05, 0.1) is 77.0 Å². The second-order valence-corrected chi connectivity index (χ2v) is 22.9. The van der Waals surface area contributed by atoms with Crippen molar-refractivity contribution in [2.24, 2.45) is 0 Å². The molecule has 9 aromatic carbocycles. The van der Waals surface area contributed by atoms with Gasteiger partial charge in [-0.2, -0.15) is 26.3 Å². The number of fused-ring (bicyclic) bond motifs is 9. The van der Waals surface area contributed by atoms with Crippen molar-refractivity contribution in [1.82, 2.24) is 0 Å². The zero-order valence-corrected chi connectivity index (χ0v) is 49.9. The third-order valence-electron chi connectivity index (χ3n) is 17.4. The first-order valence-corrected chi connectivity index (χ1v) is 28.8. The predicted molar refractivity (Wildman–Crippen MR) is 332 cm³/mol. The number of hydrogen-bond donors (Lipinski definition) is 2. The summed E-state index contributed by atoms with van der Waals surface area (Å²) in [4.78, 5) is 141. The van der Waals surface area contributed by atoms with Crippen molar-refractivity contribution < 1.29 is 92.5 Å². The minimum absolute atomic E-state index is 0.0181. The van der Waals surface area contributed by atoms with Crippen LogP contribution in [0.1, 0.15) is 134 Å². The van der Waals surface area contributed by atoms with E-state index in [9.17, 15) is 83.9 Å². The standard InChI is InChI=1S/C29H14O6.C19H9F3O6.C14H13F3N2.C10H2O6/c30-25-19-11-9-15(13-21(19)27(32)34-25)29(16-10-12-20-22(14-16)28(33)35-26(20)31)23-7-3-1-5-17(23)18-6-2-4-8-24(18)29;1-18(19(20,21)22,8-2-4-10-12(6-8)16(25)27-14(10)23)9-3-5-11-13(7-9)17(26)28-15(11)24;1-8-6-9(18)2-4-11(8)12-5-3-10(19)7-13(12)14(15,16)17;11-7-3-1-4-6(10(14)16-8(4)12)2-5(3)9(13)15-7/h1-14H;2-7H,1H3;2-7H,18-19H2,1H3;1-2H. The lowest BCUT2D eigenvalue weighted by Crippen LogP contribution is -2.41. The molecule has 2 aromatic heterocycles. The summed E-state index contributed by atoms with van der Waals surface area (Å²) in [5, 5.41) is -0.0726. The lowest BCUT2D eigenvalue weighted by molar-refractivity contribution is -0.173. The molecule has 0 radical (unpaired) electrons. The number of ether oxygens (including phenoxy) is 4. The van der Waals surface area contributed by atoms with Crippen molar-refractivity contribution in [3.05, 3.63) is 301 Å². The summed E-state index contributed by atoms with van der Waals surface area (Å²) < 4.78 is 109. The van der Waals surface area contributed by atoms with E-state index >= 15 is 0 Å². The van der Waals surface area contributed by atoms with Gasteiger partial charge in [0.2, 0.25) is 0 Å². The minimum Gasteiger partial charge on any atom is -0.399 e. The molecule has 5 aliphatic rings. The molecule has 1 aliphatic carbocycles. The number of hydrogen-bond acceptors (Lipinski definition) is 20. The van der Waals surface area contributed by atoms with Crippen molar-refractivity contribution in [3.63, 3.8) is 0 Å². The Bertz CT molecular complexity index is 5330. The molecular formula is C72H38F6N2O18. The molecule has 0 amide bonds. The molecule has 4 N–H and O–H groups in total. The van der Waals surface area contributed by atoms with Crippen LogP contribution in [0.25, 0.3) is 43.8 Å². The number of alkyl halides is 6. The highest BCUT2D eigenvalue weighted by Gasteiger charge is 2.55. The molecule has 0 unspecified atom stereocenters. The van der Waals surface area contributed by atoms with Gasteiger partial charge < -0.3 is 39.2 Å². The number of carbonyl (C=O) groups is 8. The first-order chi connectivity index (χ1) is 46.4. The smallest absolute Gasteiger partial charge is 0.399 e. The highest BCUT2D eigenvalue weighted by Crippen LogP contribution is 2.57. The van der Waals surface area contributed by atoms with E-state index in [1.807, 2.05) is 60.7 Å². The Labute approximate surface area is 542 Å². The molecule has 26 heteroatoms. The van der Waals surface area contributed by atoms with Crippen LogP contribution in [0.3, 0.4) is 0 Å². The molecular weight excluding hydrogens is 1290 g/mol. The molecule has 0 bridgehead atoms. The monoisotopic (exact) mass is 1330 g/mol. The Morgan fingerprint density at radius 1 is 0.337 bits per heavy atom. The van der Waals surface area contributed by atoms with Crippen molar-refractivity contribution >= 4 is 80.7 Å². The predicted octanol–water partition coefficient (Wildman–Crippen LogP) is 11.2. The first-order valence-electron chi connectivity index (χ1n) is 28.8. The number of benzene rings is 9. The highest BCUT2D eigenvalue weighted by atomic mass is 19.4. The van der Waals surface area contributed by atoms with Crippen molar-refractivity contribution in [2.45, 2.75) is 37.0 Å². The maximum atomic E-state index is 14.2. The number of aryl methyl sites for hydroxylation is 1. The van der Waals surface area contributed by atoms with Gasteiger partial charge in [-0.25, -0.2) is 57.5 Å². The van der Waals surface area contributed by atoms with Gasteiger partial charge in [0.25, 0.3) is 0 Å². The zero-order valence-electron chi connectivity index (χ0n) is 49.9. The zero-order chi connectivity index (χ0) is 70.0. The molecule has 20 nitrogen and oxygen atoms in total. The van der Waals surface area contributed by atoms with Crippen LogP contribution in [0.2, 0.25) is 0 Å². The van der Waals surface area contributed by atoms with E-state index in [4.69, 9.17) is 20.9 Å². The number of anilines is 2. The van der Waals surface area contributed by atoms with Gasteiger partial charge in [0.1, 0.15) is 5.41 Å². The Morgan fingerprint density at radius 3 is 1.03 bits per heavy atom. The molecule has 0 saturated carbocycles. The van der Waals surface area contributed by atoms with Gasteiger partial charge in [-0.15, -0.1) is 0 Å². The summed E-state index contributed by atoms with van der Waals surface area (Å²) in [6, 6.07) is 43.3. The second kappa shape index (κ2) is 22.9. The molecule has 4 aliphatic heterocycles. The summed E-state index contributed by atoms with van der Waals surface area (Å²) in [5.74, 6) is -6.65. The quantitative estimate of drug-likeness (QED) is 0.0531. The van der Waals surface area contributed by atoms with Gasteiger partial charge in [-0.1, -0.05) is 84.9 Å². The summed E-state index contributed by atoms with van der Waals surface area (Å²) in [6.07, 6.45) is -9.28. The summed E-state index contributed by atoms with van der Waals surface area (Å²) in [5.41, 5.74) is 10.2. The third-order valence-corrected chi connectivity index (χ3v) is 17.4. The summed E-state index contributed by atoms with van der Waals surface area (Å²) in [7, 11) is 0. The molecule has 0 atom stereocenters. The molecule has 486 valence electrons. The van der Waals surface area contributed by atoms with E-state index in [0.29, 0.717) is 16.8 Å². The lowest BCUT2D eigenvalue weighted by atomic mass is 9.67. The molecule has 0 saturated heterocycles. The van der Waals surface area contributed by atoms with Crippen molar-refractivity contribution in [1.29, 1.82) is 0 Å². The fourth-order valence-corrected chi connectivity index (χ4v) is 12.6. The summed E-state index contributed by atoms with van der Waals surface area (Å²) >= 11 is 0. The van der Waals surface area contributed by atoms with E-state index in [-0.39, 0.29) is 88.4 Å². The number of cyclic esters (lactones) is 8. The largest absolute Gasteiger partial charge is 0.417 e. The normalized spacial score (nSPS) is 14.5. The van der Waals surface area contributed by atoms with Gasteiger partial charge in [-0.05, 0) is 160 Å². The Balaban J connectivity index is 0.000000123. The molecule has 0 fully saturated rings. The Kier molecular flexibility index (Phi) is 14.9. The van der Waals surface area contributed by atoms with Crippen LogP contribution in [0, 0.1) is 6.92 Å². The fourth-order valence-electron chi connectivity index (χ4n) is 12.6. The van der Waals surface area contributed by atoms with Crippen LogP contribution in [-0.4, -0.2) is 53.9 Å². The number of furan rings is 2. The van der Waals surface area contributed by atoms with Crippen LogP contribution in [0.5, 0.6) is 0 Å². The van der Waals surface area contributed by atoms with Crippen LogP contribution >= 0.6 is 0 Å². The SMILES string of the molecule is CC(c1ccc2c(c1)C(=O)OC2=O)(c1ccc2c(c1)C(=O)OC2=O)C(F)(F)F.Cc1cc(N)ccc1-c1ccc(N)cc1C(F)(F)F.O=C1OC(=O)c2cc(C3(c4ccc5c(c4)C(=O)OC5=O)c4ccccc4-c4ccccc43)ccc21.O=c1oc(=O)c2cc3c(=O)oc(=O)c3cc12. The number of esters is 8. The van der Waals surface area contributed by atoms with E-state index in [1.54, 1.807) is 49.4 Å². The third kappa shape index (κ3) is 10.2. The lowest BCUT2D eigenvalue weighted by Gasteiger charge is -2.34. The van der Waals surface area contributed by atoms with Gasteiger partial charge in [0.15, 0.2) is 0 Å². The maximum absolute atomic E-state index is 14.2. The van der Waals surface area contributed by atoms with Gasteiger partial charge in [0, 0.05) is 11.4 Å². The molecule has 6 heterocycles. The number of nitrogens with two attached hydrogens (primary N) is 2. The number of rotatable bonds is 5. The molecule has 98 heavy (non-hydrogen) atoms. The van der Waals surface area contributed by atoms with E-state index in [0.717, 1.165) is 94.9 Å². The van der Waals surface area contributed by atoms with Crippen LogP contribution in [0.15, 0.2) is 198 Å². The molecule has 11 aromatic rings. The van der Waals surface area contributed by atoms with Gasteiger partial charge in [-0.3, -0.25) is 0 Å². The van der Waals surface area contributed by atoms with Crippen LogP contribution in [-0.2, 0) is 36.0 Å². The van der Waals surface area contributed by atoms with Gasteiger partial charge >= 0.3 is 82.6 Å². The van der Waals surface area contributed by atoms with Crippen molar-refractivity contribution in [3.8, 4) is 22.3 Å². The summed E-state index contributed by atoms with van der Waals surface area (Å²) in [6.45, 7) is 2.60. The second-order valence-electron chi connectivity index (χ2n) is 22.9. The highest BCUT2D eigenvalue weighted by molar-refractivity contribution is 6.17. The van der Waals surface area contributed by atoms with Crippen LogP contribution in [0.4, 0.5) is 37.7 Å². The number of nitrogen functional groups attached to an aromatic ring is 2. The first kappa shape index (κ1) is 63.7. The minimum atomic E-state index is -4.84. The topological polar surface area (TPSA) is 320 Å². The Morgan fingerprint density at radius 2 is 0.663 bits per heavy atom. The number of carbonyl (C=O) groups excluding carboxylic acids is 8. The van der Waals surface area contributed by atoms with E-state index in [1.165, 1.54) is 12.1 Å². The van der Waals surface area contributed by atoms with E-state index in [2.05, 4.69) is 18.3 Å². The number of halogens is 6. The molecule has 0 spiro atoms. The van der Waals surface area contributed by atoms with Crippen molar-refractivity contribution in [2.75, 3.05) is 11.5 Å². The average molecular weight is 1330 g/mol. The van der Waals surface area contributed by atoms with Crippen LogP contribution < -0.4 is 34.0 Å². The molecule has 16 rings (SSSR count). The Hall–Kier alpha value is -13.0. The maximum Gasteiger partial charge on any atom is 0.417 e.